The number of ketones is 1. The van der Waals surface area contributed by atoms with Crippen LogP contribution < -0.4 is 9.62 Å². The van der Waals surface area contributed by atoms with Crippen LogP contribution in [0.5, 0.6) is 0 Å². The van der Waals surface area contributed by atoms with Crippen LogP contribution in [0, 0.1) is 0 Å². The Labute approximate surface area is 184 Å². The summed E-state index contributed by atoms with van der Waals surface area (Å²) in [5, 5.41) is 5.32. The number of halogens is 1. The van der Waals surface area contributed by atoms with Crippen molar-refractivity contribution in [3.63, 3.8) is 0 Å². The Morgan fingerprint density at radius 2 is 1.73 bits per heavy atom. The van der Waals surface area contributed by atoms with Crippen LogP contribution in [0.15, 0.2) is 77.1 Å². The third kappa shape index (κ3) is 4.14. The van der Waals surface area contributed by atoms with Crippen LogP contribution in [-0.4, -0.2) is 20.7 Å². The maximum atomic E-state index is 13.3. The number of allylic oxidation sites excluding steroid dienone is 1. The molecular weight excluding hydrogens is 440 g/mol. The Hall–Kier alpha value is -2.61. The Bertz CT molecular complexity index is 1190. The molecule has 0 fully saturated rings. The first kappa shape index (κ1) is 20.7. The lowest BCUT2D eigenvalue weighted by Crippen LogP contribution is -2.38. The molecule has 0 aliphatic carbocycles. The molecule has 0 saturated heterocycles. The minimum atomic E-state index is -3.99. The van der Waals surface area contributed by atoms with Crippen molar-refractivity contribution in [2.24, 2.45) is 0 Å². The maximum Gasteiger partial charge on any atom is 0.270 e. The molecule has 0 saturated carbocycles. The van der Waals surface area contributed by atoms with Gasteiger partial charge in [0.25, 0.3) is 10.0 Å². The highest BCUT2D eigenvalue weighted by Crippen LogP contribution is 2.39. The van der Waals surface area contributed by atoms with Crippen molar-refractivity contribution in [3.05, 3.63) is 98.2 Å². The Balaban J connectivity index is 1.59. The molecule has 1 aromatic heterocycles. The molecule has 0 bridgehead atoms. The lowest BCUT2D eigenvalue weighted by molar-refractivity contribution is 0.104. The van der Waals surface area contributed by atoms with Crippen LogP contribution in [0.1, 0.15) is 20.8 Å². The van der Waals surface area contributed by atoms with Gasteiger partial charge in [-0.3, -0.25) is 9.10 Å². The highest BCUT2D eigenvalue weighted by atomic mass is 35.5. The van der Waals surface area contributed by atoms with Crippen LogP contribution in [0.25, 0.3) is 0 Å². The van der Waals surface area contributed by atoms with Gasteiger partial charge >= 0.3 is 0 Å². The van der Waals surface area contributed by atoms with Crippen molar-refractivity contribution in [2.45, 2.75) is 13.0 Å². The number of anilines is 1. The monoisotopic (exact) mass is 458 g/mol. The number of Topliss-reactive ketones (excluding diaryl/α,β-unsaturated/α-hetero) is 1. The molecule has 2 aromatic carbocycles. The van der Waals surface area contributed by atoms with E-state index >= 15 is 0 Å². The molecule has 1 N–H and O–H groups in total. The van der Waals surface area contributed by atoms with Gasteiger partial charge in [-0.05, 0) is 41.1 Å². The summed E-state index contributed by atoms with van der Waals surface area (Å²) in [6, 6.07) is 18.5. The molecular formula is C22H19ClN2O3S2. The summed E-state index contributed by atoms with van der Waals surface area (Å²) >= 11 is 7.18. The Morgan fingerprint density at radius 1 is 1.00 bits per heavy atom. The van der Waals surface area contributed by atoms with E-state index in [1.54, 1.807) is 35.7 Å². The van der Waals surface area contributed by atoms with E-state index in [-0.39, 0.29) is 11.4 Å². The van der Waals surface area contributed by atoms with E-state index in [0.29, 0.717) is 22.1 Å². The molecule has 1 aliphatic heterocycles. The van der Waals surface area contributed by atoms with Gasteiger partial charge in [0.2, 0.25) is 5.78 Å². The second-order valence-electron chi connectivity index (χ2n) is 6.80. The predicted octanol–water partition coefficient (Wildman–Crippen LogP) is 4.61. The first-order valence-corrected chi connectivity index (χ1v) is 12.0. The largest absolute Gasteiger partial charge is 0.389 e. The van der Waals surface area contributed by atoms with E-state index in [0.717, 1.165) is 17.5 Å². The van der Waals surface area contributed by atoms with Crippen LogP contribution in [0.3, 0.4) is 0 Å². The number of thiophene rings is 1. The molecule has 4 rings (SSSR count). The summed E-state index contributed by atoms with van der Waals surface area (Å²) in [5.41, 5.74) is 2.33. The molecule has 5 nitrogen and oxygen atoms in total. The Morgan fingerprint density at radius 3 is 2.47 bits per heavy atom. The SMILES string of the molecule is O=C1/C(=C/NCCc2ccccc2)S(=O)(=O)N(Cc2ccc(Cl)cc2)c2ccsc21. The highest BCUT2D eigenvalue weighted by Gasteiger charge is 2.41. The zero-order chi connectivity index (χ0) is 21.1. The van der Waals surface area contributed by atoms with Crippen molar-refractivity contribution >= 4 is 44.4 Å². The molecule has 30 heavy (non-hydrogen) atoms. The molecule has 3 aromatic rings. The van der Waals surface area contributed by atoms with E-state index in [2.05, 4.69) is 5.32 Å². The third-order valence-corrected chi connectivity index (χ3v) is 7.70. The molecule has 2 heterocycles. The summed E-state index contributed by atoms with van der Waals surface area (Å²) in [4.78, 5) is 13.1. The van der Waals surface area contributed by atoms with Crippen molar-refractivity contribution in [1.82, 2.24) is 5.32 Å². The number of carbonyl (C=O) groups excluding carboxylic acids is 1. The van der Waals surface area contributed by atoms with Crippen molar-refractivity contribution < 1.29 is 13.2 Å². The fraction of sp³-hybridized carbons (Fsp3) is 0.136. The fourth-order valence-electron chi connectivity index (χ4n) is 3.24. The average molecular weight is 459 g/mol. The van der Waals surface area contributed by atoms with Gasteiger partial charge in [-0.2, -0.15) is 0 Å². The molecule has 0 unspecified atom stereocenters. The molecule has 0 atom stereocenters. The number of rotatable bonds is 6. The van der Waals surface area contributed by atoms with Crippen molar-refractivity contribution in [1.29, 1.82) is 0 Å². The van der Waals surface area contributed by atoms with Gasteiger partial charge in [0.05, 0.1) is 12.2 Å². The number of carbonyl (C=O) groups is 1. The Kier molecular flexibility index (Phi) is 5.94. The summed E-state index contributed by atoms with van der Waals surface area (Å²) in [6.07, 6.45) is 2.05. The predicted molar refractivity (Wildman–Crippen MR) is 121 cm³/mol. The second kappa shape index (κ2) is 8.63. The topological polar surface area (TPSA) is 66.5 Å². The molecule has 154 valence electrons. The number of hydrogen-bond donors (Lipinski definition) is 1. The molecule has 1 aliphatic rings. The number of benzene rings is 2. The van der Waals surface area contributed by atoms with E-state index in [1.807, 2.05) is 30.3 Å². The molecule has 0 amide bonds. The van der Waals surface area contributed by atoms with Gasteiger partial charge in [0.15, 0.2) is 4.91 Å². The summed E-state index contributed by atoms with van der Waals surface area (Å²) in [5.74, 6) is -0.473. The van der Waals surface area contributed by atoms with Gasteiger partial charge in [0.1, 0.15) is 4.88 Å². The zero-order valence-electron chi connectivity index (χ0n) is 15.9. The smallest absolute Gasteiger partial charge is 0.270 e. The normalized spacial score (nSPS) is 16.5. The minimum absolute atomic E-state index is 0.123. The quantitative estimate of drug-likeness (QED) is 0.432. The zero-order valence-corrected chi connectivity index (χ0v) is 18.3. The number of nitrogens with zero attached hydrogens (tertiary/aromatic N) is 1. The van der Waals surface area contributed by atoms with Crippen LogP contribution in [0.4, 0.5) is 5.69 Å². The van der Waals surface area contributed by atoms with Crippen molar-refractivity contribution in [2.75, 3.05) is 10.8 Å². The van der Waals surface area contributed by atoms with Crippen molar-refractivity contribution in [3.8, 4) is 0 Å². The number of nitrogens with one attached hydrogen (secondary N) is 1. The standard InChI is InChI=1S/C22H19ClN2O3S2/c23-18-8-6-17(7-9-18)15-25-19-11-13-29-22(19)21(26)20(30(25,27)28)14-24-12-10-16-4-2-1-3-5-16/h1-9,11,13-14,24H,10,12,15H2/b20-14-. The second-order valence-corrected chi connectivity index (χ2v) is 9.98. The number of fused-ring (bicyclic) bond motifs is 1. The van der Waals surface area contributed by atoms with E-state index < -0.39 is 15.8 Å². The summed E-state index contributed by atoms with van der Waals surface area (Å²) < 4.78 is 27.9. The van der Waals surface area contributed by atoms with Gasteiger partial charge < -0.3 is 5.32 Å². The van der Waals surface area contributed by atoms with Crippen LogP contribution in [-0.2, 0) is 23.0 Å². The molecule has 0 radical (unpaired) electrons. The van der Waals surface area contributed by atoms with E-state index in [9.17, 15) is 13.2 Å². The van der Waals surface area contributed by atoms with Gasteiger partial charge in [-0.1, -0.05) is 54.1 Å². The average Bonchev–Trinajstić information content (AvgIpc) is 3.22. The summed E-state index contributed by atoms with van der Waals surface area (Å²) in [7, 11) is -3.99. The molecule has 0 spiro atoms. The lowest BCUT2D eigenvalue weighted by Gasteiger charge is -2.29. The minimum Gasteiger partial charge on any atom is -0.389 e. The first-order chi connectivity index (χ1) is 14.5. The molecule has 8 heteroatoms. The van der Waals surface area contributed by atoms with Gasteiger partial charge in [0, 0.05) is 17.8 Å². The van der Waals surface area contributed by atoms with E-state index in [1.165, 1.54) is 21.8 Å². The number of sulfonamides is 1. The van der Waals surface area contributed by atoms with Gasteiger partial charge in [-0.15, -0.1) is 11.3 Å². The highest BCUT2D eigenvalue weighted by molar-refractivity contribution is 7.97. The van der Waals surface area contributed by atoms with Gasteiger partial charge in [-0.25, -0.2) is 8.42 Å². The van der Waals surface area contributed by atoms with Crippen LogP contribution in [0.2, 0.25) is 5.02 Å². The maximum absolute atomic E-state index is 13.3. The first-order valence-electron chi connectivity index (χ1n) is 9.33. The fourth-order valence-corrected chi connectivity index (χ4v) is 5.87. The summed E-state index contributed by atoms with van der Waals surface area (Å²) in [6.45, 7) is 0.642. The lowest BCUT2D eigenvalue weighted by atomic mass is 10.1. The third-order valence-electron chi connectivity index (χ3n) is 4.78. The van der Waals surface area contributed by atoms with Crippen LogP contribution >= 0.6 is 22.9 Å². The van der Waals surface area contributed by atoms with E-state index in [4.69, 9.17) is 11.6 Å². The number of hydrogen-bond acceptors (Lipinski definition) is 5.